The molecule has 40 heavy (non-hydrogen) atoms. The SMILES string of the molecule is CCn1c2ccccc2c2cc(NC(=O)[C@H](C)N3CCN(S(=O)(=O)c4ccc(OC(F)(F)F)cc4)CC3)ccc21. The van der Waals surface area contributed by atoms with Crippen LogP contribution in [-0.2, 0) is 21.4 Å². The molecule has 12 heteroatoms. The minimum Gasteiger partial charge on any atom is -0.406 e. The first kappa shape index (κ1) is 27.9. The van der Waals surface area contributed by atoms with Gasteiger partial charge in [0.15, 0.2) is 0 Å². The summed E-state index contributed by atoms with van der Waals surface area (Å²) in [6.07, 6.45) is -4.86. The van der Waals surface area contributed by atoms with Gasteiger partial charge in [0.05, 0.1) is 10.9 Å². The predicted molar refractivity (Wildman–Crippen MR) is 147 cm³/mol. The molecule has 8 nitrogen and oxygen atoms in total. The van der Waals surface area contributed by atoms with Crippen LogP contribution >= 0.6 is 0 Å². The van der Waals surface area contributed by atoms with Gasteiger partial charge in [-0.3, -0.25) is 9.69 Å². The Labute approximate surface area is 230 Å². The molecule has 5 rings (SSSR count). The average molecular weight is 575 g/mol. The maximum atomic E-state index is 13.1. The molecule has 1 saturated heterocycles. The lowest BCUT2D eigenvalue weighted by atomic mass is 10.1. The number of halogens is 3. The van der Waals surface area contributed by atoms with Crippen LogP contribution in [-0.4, -0.2) is 66.7 Å². The molecule has 212 valence electrons. The Morgan fingerprint density at radius 3 is 2.25 bits per heavy atom. The number of amides is 1. The monoisotopic (exact) mass is 574 g/mol. The molecular weight excluding hydrogens is 545 g/mol. The number of aromatic nitrogens is 1. The Morgan fingerprint density at radius 1 is 0.950 bits per heavy atom. The number of hydrogen-bond donors (Lipinski definition) is 1. The third kappa shape index (κ3) is 5.51. The molecule has 0 unspecified atom stereocenters. The van der Waals surface area contributed by atoms with Gasteiger partial charge in [-0.1, -0.05) is 18.2 Å². The van der Waals surface area contributed by atoms with Crippen molar-refractivity contribution in [2.24, 2.45) is 0 Å². The van der Waals surface area contributed by atoms with E-state index in [4.69, 9.17) is 0 Å². The van der Waals surface area contributed by atoms with Crippen LogP contribution in [0, 0.1) is 0 Å². The first-order valence-electron chi connectivity index (χ1n) is 12.9. The van der Waals surface area contributed by atoms with Gasteiger partial charge in [0.2, 0.25) is 15.9 Å². The summed E-state index contributed by atoms with van der Waals surface area (Å²) in [6, 6.07) is 17.6. The average Bonchev–Trinajstić information content (AvgIpc) is 3.25. The molecule has 1 aromatic heterocycles. The summed E-state index contributed by atoms with van der Waals surface area (Å²) in [5, 5.41) is 5.17. The minimum atomic E-state index is -4.86. The van der Waals surface area contributed by atoms with Gasteiger partial charge in [-0.15, -0.1) is 13.2 Å². The van der Waals surface area contributed by atoms with E-state index in [9.17, 15) is 26.4 Å². The predicted octanol–water partition coefficient (Wildman–Crippen LogP) is 5.05. The number of fused-ring (bicyclic) bond motifs is 3. The summed E-state index contributed by atoms with van der Waals surface area (Å²) < 4.78 is 70.6. The first-order chi connectivity index (χ1) is 19.0. The molecule has 1 fully saturated rings. The lowest BCUT2D eigenvalue weighted by Gasteiger charge is -2.36. The number of rotatable bonds is 7. The van der Waals surface area contributed by atoms with E-state index in [2.05, 4.69) is 33.7 Å². The van der Waals surface area contributed by atoms with Crippen LogP contribution in [0.5, 0.6) is 5.75 Å². The Balaban J connectivity index is 1.22. The molecule has 4 aromatic rings. The first-order valence-corrected chi connectivity index (χ1v) is 14.3. The second kappa shape index (κ2) is 10.8. The summed E-state index contributed by atoms with van der Waals surface area (Å²) in [7, 11) is -3.91. The zero-order valence-electron chi connectivity index (χ0n) is 22.0. The third-order valence-corrected chi connectivity index (χ3v) is 9.16. The highest BCUT2D eigenvalue weighted by atomic mass is 32.2. The molecule has 1 amide bonds. The van der Waals surface area contributed by atoms with E-state index in [0.29, 0.717) is 18.8 Å². The quantitative estimate of drug-likeness (QED) is 0.334. The zero-order chi connectivity index (χ0) is 28.7. The van der Waals surface area contributed by atoms with E-state index >= 15 is 0 Å². The number of hydrogen-bond acceptors (Lipinski definition) is 5. The number of benzene rings is 3. The largest absolute Gasteiger partial charge is 0.573 e. The van der Waals surface area contributed by atoms with Gasteiger partial charge in [0.25, 0.3) is 0 Å². The molecule has 1 atom stereocenters. The second-order valence-corrected chi connectivity index (χ2v) is 11.6. The smallest absolute Gasteiger partial charge is 0.406 e. The lowest BCUT2D eigenvalue weighted by Crippen LogP contribution is -2.53. The molecule has 0 saturated carbocycles. The molecule has 0 spiro atoms. The number of aryl methyl sites for hydroxylation is 1. The molecule has 0 bridgehead atoms. The summed E-state index contributed by atoms with van der Waals surface area (Å²) in [4.78, 5) is 14.9. The van der Waals surface area contributed by atoms with Crippen molar-refractivity contribution < 1.29 is 31.1 Å². The van der Waals surface area contributed by atoms with Crippen LogP contribution in [0.3, 0.4) is 0 Å². The highest BCUT2D eigenvalue weighted by Gasteiger charge is 2.33. The molecule has 0 radical (unpaired) electrons. The van der Waals surface area contributed by atoms with Crippen LogP contribution in [0.25, 0.3) is 21.8 Å². The molecule has 3 aromatic carbocycles. The normalized spacial score (nSPS) is 16.3. The summed E-state index contributed by atoms with van der Waals surface area (Å²) in [6.45, 7) is 5.63. The van der Waals surface area contributed by atoms with E-state index in [1.165, 1.54) is 4.31 Å². The molecular formula is C28H29F3N4O4S. The Hall–Kier alpha value is -3.61. The van der Waals surface area contributed by atoms with Gasteiger partial charge in [-0.05, 0) is 62.4 Å². The maximum absolute atomic E-state index is 13.1. The standard InChI is InChI=1S/C28H29F3N4O4S/c1-3-35-25-7-5-4-6-23(25)24-18-20(8-13-26(24)35)32-27(36)19(2)33-14-16-34(17-15-33)40(37,38)22-11-9-21(10-12-22)39-28(29,30)31/h4-13,18-19H,3,14-17H2,1-2H3,(H,32,36)/t19-/m0/s1. The van der Waals surface area contributed by atoms with Crippen LogP contribution in [0.15, 0.2) is 71.6 Å². The maximum Gasteiger partial charge on any atom is 0.573 e. The Kier molecular flexibility index (Phi) is 7.51. The van der Waals surface area contributed by atoms with Gasteiger partial charge in [-0.25, -0.2) is 8.42 Å². The lowest BCUT2D eigenvalue weighted by molar-refractivity contribution is -0.274. The van der Waals surface area contributed by atoms with Crippen molar-refractivity contribution >= 4 is 43.4 Å². The van der Waals surface area contributed by atoms with Crippen LogP contribution < -0.4 is 10.1 Å². The van der Waals surface area contributed by atoms with Gasteiger partial charge in [0, 0.05) is 60.2 Å². The minimum absolute atomic E-state index is 0.124. The molecule has 1 N–H and O–H groups in total. The number of carbonyl (C=O) groups excluding carboxylic acids is 1. The molecule has 0 aliphatic carbocycles. The van der Waals surface area contributed by atoms with Crippen molar-refractivity contribution in [2.75, 3.05) is 31.5 Å². The molecule has 1 aliphatic rings. The number of piperazine rings is 1. The van der Waals surface area contributed by atoms with Gasteiger partial charge in [0.1, 0.15) is 5.75 Å². The van der Waals surface area contributed by atoms with E-state index in [1.54, 1.807) is 6.92 Å². The number of ether oxygens (including phenoxy) is 1. The van der Waals surface area contributed by atoms with Gasteiger partial charge >= 0.3 is 6.36 Å². The number of nitrogens with zero attached hydrogens (tertiary/aromatic N) is 3. The fourth-order valence-corrected chi connectivity index (χ4v) is 6.60. The van der Waals surface area contributed by atoms with Crippen molar-refractivity contribution in [3.8, 4) is 5.75 Å². The van der Waals surface area contributed by atoms with E-state index in [0.717, 1.165) is 52.6 Å². The fourth-order valence-electron chi connectivity index (χ4n) is 5.18. The topological polar surface area (TPSA) is 83.9 Å². The number of nitrogens with one attached hydrogen (secondary N) is 1. The van der Waals surface area contributed by atoms with Crippen molar-refractivity contribution in [1.82, 2.24) is 13.8 Å². The number of carbonyl (C=O) groups is 1. The highest BCUT2D eigenvalue weighted by Crippen LogP contribution is 2.31. The van der Waals surface area contributed by atoms with Crippen LogP contribution in [0.2, 0.25) is 0 Å². The third-order valence-electron chi connectivity index (χ3n) is 7.25. The summed E-state index contributed by atoms with van der Waals surface area (Å²) in [5.41, 5.74) is 2.91. The zero-order valence-corrected chi connectivity index (χ0v) is 22.8. The molecule has 2 heterocycles. The Morgan fingerprint density at radius 2 is 1.60 bits per heavy atom. The fraction of sp³-hybridized carbons (Fsp3) is 0.321. The van der Waals surface area contributed by atoms with Crippen molar-refractivity contribution in [1.29, 1.82) is 0 Å². The van der Waals surface area contributed by atoms with Gasteiger partial charge < -0.3 is 14.6 Å². The highest BCUT2D eigenvalue weighted by molar-refractivity contribution is 7.89. The Bertz CT molecular complexity index is 1640. The number of sulfonamides is 1. The molecule has 1 aliphatic heterocycles. The van der Waals surface area contributed by atoms with E-state index < -0.39 is 28.2 Å². The summed E-state index contributed by atoms with van der Waals surface area (Å²) in [5.74, 6) is -0.693. The summed E-state index contributed by atoms with van der Waals surface area (Å²) >= 11 is 0. The van der Waals surface area contributed by atoms with Crippen molar-refractivity contribution in [3.05, 3.63) is 66.7 Å². The van der Waals surface area contributed by atoms with Crippen molar-refractivity contribution in [2.45, 2.75) is 37.7 Å². The number of anilines is 1. The van der Waals surface area contributed by atoms with Crippen LogP contribution in [0.1, 0.15) is 13.8 Å². The van der Waals surface area contributed by atoms with Crippen molar-refractivity contribution in [3.63, 3.8) is 0 Å². The van der Waals surface area contributed by atoms with Gasteiger partial charge in [-0.2, -0.15) is 4.31 Å². The van der Waals surface area contributed by atoms with Crippen LogP contribution in [0.4, 0.5) is 18.9 Å². The van der Waals surface area contributed by atoms with E-state index in [1.807, 2.05) is 35.2 Å². The van der Waals surface area contributed by atoms with E-state index in [-0.39, 0.29) is 23.9 Å². The second-order valence-electron chi connectivity index (χ2n) is 9.62. The number of alkyl halides is 3. The number of para-hydroxylation sites is 1.